The van der Waals surface area contributed by atoms with E-state index in [4.69, 9.17) is 9.47 Å². The summed E-state index contributed by atoms with van der Waals surface area (Å²) in [6, 6.07) is 12.6. The number of likely N-dealkylation sites (N-methyl/N-ethyl adjacent to an activating group) is 1. The first-order chi connectivity index (χ1) is 17.2. The van der Waals surface area contributed by atoms with Crippen molar-refractivity contribution in [3.8, 4) is 0 Å². The van der Waals surface area contributed by atoms with E-state index in [0.29, 0.717) is 38.9 Å². The van der Waals surface area contributed by atoms with Gasteiger partial charge in [0.1, 0.15) is 18.0 Å². The highest BCUT2D eigenvalue weighted by Gasteiger charge is 2.47. The first-order valence-corrected chi connectivity index (χ1v) is 12.6. The summed E-state index contributed by atoms with van der Waals surface area (Å²) in [5, 5.41) is 0. The van der Waals surface area contributed by atoms with Crippen LogP contribution in [0.15, 0.2) is 47.3 Å². The molecule has 1 aliphatic rings. The number of halogens is 1. The maximum absolute atomic E-state index is 14.0. The number of aromatic nitrogens is 2. The van der Waals surface area contributed by atoms with E-state index in [1.807, 2.05) is 37.4 Å². The van der Waals surface area contributed by atoms with Crippen LogP contribution >= 0.6 is 0 Å². The Morgan fingerprint density at radius 2 is 2.03 bits per heavy atom. The number of hydrogen-bond acceptors (Lipinski definition) is 5. The summed E-state index contributed by atoms with van der Waals surface area (Å²) < 4.78 is 27.0. The summed E-state index contributed by atoms with van der Waals surface area (Å²) in [6.07, 6.45) is 1.89. The summed E-state index contributed by atoms with van der Waals surface area (Å²) >= 11 is 0. The minimum atomic E-state index is -0.722. The maximum atomic E-state index is 14.0. The number of imidazole rings is 1. The Labute approximate surface area is 211 Å². The van der Waals surface area contributed by atoms with Crippen molar-refractivity contribution in [1.29, 1.82) is 0 Å². The lowest BCUT2D eigenvalue weighted by atomic mass is 9.65. The summed E-state index contributed by atoms with van der Waals surface area (Å²) in [5.74, 6) is -0.513. The molecule has 0 fully saturated rings. The van der Waals surface area contributed by atoms with Crippen LogP contribution in [0.25, 0.3) is 11.0 Å². The standard InChI is InChI=1S/C28H36FN3O4/c1-19(2)26-22-10-9-21(29)17-20(22)11-12-28(26,36-25(33)18-35-4)13-14-31(3)15-16-32-24-8-6-5-7-23(24)30-27(32)34/h5-10,17,19,26H,11-16,18H2,1-4H3,(H,30,34)/t26-,28-/m0/s1. The van der Waals surface area contributed by atoms with Crippen LogP contribution < -0.4 is 5.69 Å². The topological polar surface area (TPSA) is 76.6 Å². The van der Waals surface area contributed by atoms with Crippen LogP contribution in [0.1, 0.15) is 43.7 Å². The number of methoxy groups -OCH3 is 1. The molecular weight excluding hydrogens is 461 g/mol. The molecule has 7 nitrogen and oxygen atoms in total. The number of ether oxygens (including phenoxy) is 2. The van der Waals surface area contributed by atoms with E-state index in [-0.39, 0.29) is 35.9 Å². The van der Waals surface area contributed by atoms with Gasteiger partial charge >= 0.3 is 11.7 Å². The number of fused-ring (bicyclic) bond motifs is 2. The van der Waals surface area contributed by atoms with Gasteiger partial charge < -0.3 is 19.4 Å². The van der Waals surface area contributed by atoms with Crippen LogP contribution in [0.3, 0.4) is 0 Å². The van der Waals surface area contributed by atoms with Gasteiger partial charge in [-0.05, 0) is 61.2 Å². The number of aryl methyl sites for hydroxylation is 1. The molecule has 1 aliphatic carbocycles. The monoisotopic (exact) mass is 497 g/mol. The van der Waals surface area contributed by atoms with Crippen molar-refractivity contribution in [2.45, 2.75) is 51.2 Å². The third kappa shape index (κ3) is 5.39. The van der Waals surface area contributed by atoms with Crippen LogP contribution in [0, 0.1) is 11.7 Å². The first-order valence-electron chi connectivity index (χ1n) is 12.6. The van der Waals surface area contributed by atoms with Crippen molar-refractivity contribution < 1.29 is 18.7 Å². The van der Waals surface area contributed by atoms with Gasteiger partial charge in [0, 0.05) is 39.1 Å². The van der Waals surface area contributed by atoms with Crippen molar-refractivity contribution in [3.63, 3.8) is 0 Å². The Kier molecular flexibility index (Phi) is 7.95. The number of hydrogen-bond donors (Lipinski definition) is 1. The fourth-order valence-electron chi connectivity index (χ4n) is 5.76. The van der Waals surface area contributed by atoms with Gasteiger partial charge in [0.25, 0.3) is 0 Å². The Hall–Kier alpha value is -2.97. The molecule has 0 aliphatic heterocycles. The van der Waals surface area contributed by atoms with E-state index in [0.717, 1.165) is 22.2 Å². The first kappa shape index (κ1) is 26.1. The lowest BCUT2D eigenvalue weighted by molar-refractivity contribution is -0.172. The molecule has 0 saturated carbocycles. The van der Waals surface area contributed by atoms with Gasteiger partial charge in [-0.2, -0.15) is 0 Å². The van der Waals surface area contributed by atoms with Crippen molar-refractivity contribution in [1.82, 2.24) is 14.5 Å². The number of rotatable bonds is 10. The quantitative estimate of drug-likeness (QED) is 0.427. The molecule has 0 spiro atoms. The van der Waals surface area contributed by atoms with Gasteiger partial charge in [-0.1, -0.05) is 32.0 Å². The molecule has 2 aromatic carbocycles. The Morgan fingerprint density at radius 1 is 1.25 bits per heavy atom. The van der Waals surface area contributed by atoms with E-state index in [1.165, 1.54) is 13.2 Å². The summed E-state index contributed by atoms with van der Waals surface area (Å²) in [5.41, 5.74) is 2.91. The van der Waals surface area contributed by atoms with Crippen LogP contribution in [0.4, 0.5) is 4.39 Å². The Morgan fingerprint density at radius 3 is 2.78 bits per heavy atom. The number of H-pyrrole nitrogens is 1. The second-order valence-electron chi connectivity index (χ2n) is 10.2. The largest absolute Gasteiger partial charge is 0.457 e. The molecule has 4 rings (SSSR count). The van der Waals surface area contributed by atoms with E-state index in [9.17, 15) is 14.0 Å². The zero-order valence-corrected chi connectivity index (χ0v) is 21.6. The van der Waals surface area contributed by atoms with Gasteiger partial charge in [-0.3, -0.25) is 4.57 Å². The second-order valence-corrected chi connectivity index (χ2v) is 10.2. The normalized spacial score (nSPS) is 19.7. The predicted molar refractivity (Wildman–Crippen MR) is 138 cm³/mol. The molecule has 1 N–H and O–H groups in total. The van der Waals surface area contributed by atoms with Gasteiger partial charge in [-0.15, -0.1) is 0 Å². The zero-order chi connectivity index (χ0) is 25.9. The highest BCUT2D eigenvalue weighted by molar-refractivity contribution is 5.74. The molecule has 0 saturated heterocycles. The predicted octanol–water partition coefficient (Wildman–Crippen LogP) is 4.11. The fourth-order valence-corrected chi connectivity index (χ4v) is 5.76. The number of esters is 1. The molecule has 0 radical (unpaired) electrons. The summed E-state index contributed by atoms with van der Waals surface area (Å²) in [4.78, 5) is 30.2. The highest BCUT2D eigenvalue weighted by Crippen LogP contribution is 2.48. The van der Waals surface area contributed by atoms with E-state index < -0.39 is 5.60 Å². The molecule has 0 unspecified atom stereocenters. The van der Waals surface area contributed by atoms with Gasteiger partial charge in [0.05, 0.1) is 11.0 Å². The van der Waals surface area contributed by atoms with Crippen molar-refractivity contribution in [2.24, 2.45) is 5.92 Å². The molecule has 1 heterocycles. The molecule has 2 atom stereocenters. The molecular formula is C28H36FN3O4. The zero-order valence-electron chi connectivity index (χ0n) is 21.6. The Bertz CT molecular complexity index is 1270. The number of aromatic amines is 1. The van der Waals surface area contributed by atoms with Gasteiger partial charge in [-0.25, -0.2) is 14.0 Å². The molecule has 194 valence electrons. The molecule has 36 heavy (non-hydrogen) atoms. The fraction of sp³-hybridized carbons (Fsp3) is 0.500. The van der Waals surface area contributed by atoms with Crippen LogP contribution in [0.2, 0.25) is 0 Å². The van der Waals surface area contributed by atoms with Gasteiger partial charge in [0.15, 0.2) is 0 Å². The lowest BCUT2D eigenvalue weighted by Crippen LogP contribution is -2.49. The van der Waals surface area contributed by atoms with E-state index >= 15 is 0 Å². The van der Waals surface area contributed by atoms with Crippen LogP contribution in [-0.2, 0) is 27.2 Å². The Balaban J connectivity index is 1.53. The maximum Gasteiger partial charge on any atom is 0.332 e. The second kappa shape index (κ2) is 11.0. The van der Waals surface area contributed by atoms with Crippen molar-refractivity contribution >= 4 is 17.0 Å². The number of para-hydroxylation sites is 2. The number of carbonyl (C=O) groups is 1. The minimum absolute atomic E-state index is 0.0627. The van der Waals surface area contributed by atoms with Crippen molar-refractivity contribution in [3.05, 3.63) is 69.9 Å². The van der Waals surface area contributed by atoms with Crippen LogP contribution in [0.5, 0.6) is 0 Å². The smallest absolute Gasteiger partial charge is 0.332 e. The third-order valence-corrected chi connectivity index (χ3v) is 7.37. The summed E-state index contributed by atoms with van der Waals surface area (Å²) in [6.45, 7) is 6.02. The van der Waals surface area contributed by atoms with Gasteiger partial charge in [0.2, 0.25) is 0 Å². The number of nitrogens with one attached hydrogen (secondary N) is 1. The average molecular weight is 498 g/mol. The molecule has 0 amide bonds. The number of carbonyl (C=O) groups excluding carboxylic acids is 1. The minimum Gasteiger partial charge on any atom is -0.457 e. The van der Waals surface area contributed by atoms with E-state index in [1.54, 1.807) is 10.6 Å². The lowest BCUT2D eigenvalue weighted by Gasteiger charge is -2.47. The highest BCUT2D eigenvalue weighted by atomic mass is 19.1. The SMILES string of the molecule is COCC(=O)O[C@]1(CCN(C)CCn2c(=O)[nH]c3ccccc32)CCc2cc(F)ccc2[C@@H]1C(C)C. The molecule has 8 heteroatoms. The molecule has 3 aromatic rings. The van der Waals surface area contributed by atoms with Crippen LogP contribution in [-0.4, -0.2) is 59.9 Å². The van der Waals surface area contributed by atoms with E-state index in [2.05, 4.69) is 23.7 Å². The third-order valence-electron chi connectivity index (χ3n) is 7.37. The summed E-state index contributed by atoms with van der Waals surface area (Å²) in [7, 11) is 3.49. The molecule has 1 aromatic heterocycles. The van der Waals surface area contributed by atoms with Crippen molar-refractivity contribution in [2.75, 3.05) is 33.9 Å². The average Bonchev–Trinajstić information content (AvgIpc) is 3.16. The number of benzene rings is 2. The number of nitrogens with zero attached hydrogens (tertiary/aromatic N) is 2. The molecule has 0 bridgehead atoms.